The molecule has 1 aliphatic heterocycles. The number of carbonyl (C=O) groups is 1. The van der Waals surface area contributed by atoms with E-state index < -0.39 is 10.8 Å². The quantitative estimate of drug-likeness (QED) is 0.890. The van der Waals surface area contributed by atoms with Gasteiger partial charge in [0.15, 0.2) is 0 Å². The number of rotatable bonds is 4. The van der Waals surface area contributed by atoms with Crippen LogP contribution in [0, 0.1) is 5.92 Å². The number of nitrogens with one attached hydrogen (secondary N) is 1. The van der Waals surface area contributed by atoms with E-state index in [-0.39, 0.29) is 10.8 Å². The summed E-state index contributed by atoms with van der Waals surface area (Å²) in [6, 6.07) is -0.0966. The third kappa shape index (κ3) is 4.25. The van der Waals surface area contributed by atoms with E-state index in [1.807, 2.05) is 13.8 Å². The summed E-state index contributed by atoms with van der Waals surface area (Å²) in [7, 11) is -0.894. The Balaban J connectivity index is 1.71. The first-order valence-electron chi connectivity index (χ1n) is 9.28. The van der Waals surface area contributed by atoms with Crippen molar-refractivity contribution in [1.82, 2.24) is 14.7 Å². The molecule has 1 saturated heterocycles. The second-order valence-electron chi connectivity index (χ2n) is 8.27. The van der Waals surface area contributed by atoms with Crippen LogP contribution in [0.3, 0.4) is 0 Å². The van der Waals surface area contributed by atoms with Gasteiger partial charge in [-0.15, -0.1) is 0 Å². The molecule has 2 heterocycles. The molecule has 7 heteroatoms. The molecule has 1 aromatic rings. The normalized spacial score (nSPS) is 23.6. The topological polar surface area (TPSA) is 67.2 Å². The van der Waals surface area contributed by atoms with Crippen LogP contribution in [0.4, 0.5) is 10.5 Å². The fraction of sp³-hybridized carbons (Fsp3) is 0.778. The third-order valence-electron chi connectivity index (χ3n) is 5.06. The lowest BCUT2D eigenvalue weighted by Gasteiger charge is -2.22. The molecular formula is C18H30N4O2S. The van der Waals surface area contributed by atoms with E-state index in [1.165, 1.54) is 18.5 Å². The monoisotopic (exact) mass is 366 g/mol. The molecule has 0 aromatic carbocycles. The molecule has 0 radical (unpaired) electrons. The van der Waals surface area contributed by atoms with E-state index in [0.717, 1.165) is 18.7 Å². The molecule has 1 aromatic heterocycles. The van der Waals surface area contributed by atoms with Gasteiger partial charge in [-0.1, -0.05) is 13.8 Å². The second kappa shape index (κ2) is 7.09. The van der Waals surface area contributed by atoms with E-state index in [9.17, 15) is 9.00 Å². The number of hydrogen-bond acceptors (Lipinski definition) is 3. The lowest BCUT2D eigenvalue weighted by atomic mass is 10.1. The van der Waals surface area contributed by atoms with Crippen molar-refractivity contribution in [2.45, 2.75) is 64.2 Å². The van der Waals surface area contributed by atoms with E-state index in [0.29, 0.717) is 30.7 Å². The molecule has 0 bridgehead atoms. The van der Waals surface area contributed by atoms with Gasteiger partial charge in [0.2, 0.25) is 0 Å². The minimum absolute atomic E-state index is 0.0966. The Kier molecular flexibility index (Phi) is 5.23. The van der Waals surface area contributed by atoms with Gasteiger partial charge in [0.25, 0.3) is 0 Å². The predicted octanol–water partition coefficient (Wildman–Crippen LogP) is 3.18. The van der Waals surface area contributed by atoms with Gasteiger partial charge in [0.05, 0.1) is 17.6 Å². The van der Waals surface area contributed by atoms with Gasteiger partial charge < -0.3 is 10.2 Å². The summed E-state index contributed by atoms with van der Waals surface area (Å²) in [5.41, 5.74) is 2.01. The van der Waals surface area contributed by atoms with Crippen molar-refractivity contribution in [3.63, 3.8) is 0 Å². The molecule has 1 N–H and O–H groups in total. The van der Waals surface area contributed by atoms with Crippen LogP contribution in [0.15, 0.2) is 6.20 Å². The number of urea groups is 1. The largest absolute Gasteiger partial charge is 0.324 e. The lowest BCUT2D eigenvalue weighted by Crippen LogP contribution is -2.37. The van der Waals surface area contributed by atoms with Gasteiger partial charge in [-0.25, -0.2) is 4.79 Å². The summed E-state index contributed by atoms with van der Waals surface area (Å²) >= 11 is 0. The van der Waals surface area contributed by atoms with Gasteiger partial charge in [-0.05, 0) is 39.0 Å². The van der Waals surface area contributed by atoms with Gasteiger partial charge in [-0.2, -0.15) is 5.10 Å². The van der Waals surface area contributed by atoms with Crippen LogP contribution in [-0.2, 0) is 17.3 Å². The summed E-state index contributed by atoms with van der Waals surface area (Å²) in [6.45, 7) is 10.4. The average molecular weight is 367 g/mol. The van der Waals surface area contributed by atoms with Crippen LogP contribution in [0.2, 0.25) is 0 Å². The maximum atomic E-state index is 12.7. The molecule has 2 aliphatic rings. The van der Waals surface area contributed by atoms with Crippen molar-refractivity contribution < 1.29 is 9.00 Å². The van der Waals surface area contributed by atoms with Crippen LogP contribution in [-0.4, -0.2) is 48.5 Å². The van der Waals surface area contributed by atoms with Gasteiger partial charge >= 0.3 is 6.03 Å². The summed E-state index contributed by atoms with van der Waals surface area (Å²) in [5, 5.41) is 7.57. The standard InChI is InChI=1S/C18H30N4O2S/c1-13(2)12-22-16(14-5-6-14)15(11-19-22)20-17(23)21-8-7-18(3,4)25(24)10-9-21/h11,13-14H,5-10,12H2,1-4H3,(H,20,23). The zero-order chi connectivity index (χ0) is 18.2. The summed E-state index contributed by atoms with van der Waals surface area (Å²) < 4.78 is 14.1. The van der Waals surface area contributed by atoms with Crippen LogP contribution in [0.5, 0.6) is 0 Å². The Hall–Kier alpha value is -1.37. The molecule has 1 unspecified atom stereocenters. The van der Waals surface area contributed by atoms with Crippen molar-refractivity contribution >= 4 is 22.5 Å². The number of anilines is 1. The number of hydrogen-bond donors (Lipinski definition) is 1. The highest BCUT2D eigenvalue weighted by Gasteiger charge is 2.33. The van der Waals surface area contributed by atoms with E-state index >= 15 is 0 Å². The summed E-state index contributed by atoms with van der Waals surface area (Å²) in [5.74, 6) is 1.58. The fourth-order valence-corrected chi connectivity index (χ4v) is 4.52. The van der Waals surface area contributed by atoms with E-state index in [2.05, 4.69) is 28.9 Å². The van der Waals surface area contributed by atoms with Crippen molar-refractivity contribution in [2.75, 3.05) is 24.2 Å². The lowest BCUT2D eigenvalue weighted by molar-refractivity contribution is 0.214. The van der Waals surface area contributed by atoms with Crippen LogP contribution >= 0.6 is 0 Å². The Morgan fingerprint density at radius 3 is 2.76 bits per heavy atom. The first kappa shape index (κ1) is 18.4. The Morgan fingerprint density at radius 2 is 2.12 bits per heavy atom. The maximum absolute atomic E-state index is 12.7. The van der Waals surface area contributed by atoms with Crippen LogP contribution in [0.25, 0.3) is 0 Å². The van der Waals surface area contributed by atoms with Crippen LogP contribution < -0.4 is 5.32 Å². The number of nitrogens with zero attached hydrogens (tertiary/aromatic N) is 3. The Bertz CT molecular complexity index is 664. The molecule has 2 fully saturated rings. The molecule has 140 valence electrons. The van der Waals surface area contributed by atoms with E-state index in [4.69, 9.17) is 0 Å². The van der Waals surface area contributed by atoms with Crippen LogP contribution in [0.1, 0.15) is 58.6 Å². The van der Waals surface area contributed by atoms with Gasteiger partial charge in [-0.3, -0.25) is 8.89 Å². The van der Waals surface area contributed by atoms with Crippen molar-refractivity contribution in [2.24, 2.45) is 5.92 Å². The molecule has 1 aliphatic carbocycles. The minimum Gasteiger partial charge on any atom is -0.324 e. The third-order valence-corrected chi connectivity index (χ3v) is 7.05. The molecule has 3 rings (SSSR count). The number of carbonyl (C=O) groups excluding carboxylic acids is 1. The summed E-state index contributed by atoms with van der Waals surface area (Å²) in [6.07, 6.45) is 4.88. The smallest absolute Gasteiger partial charge is 0.321 e. The number of aromatic nitrogens is 2. The first-order valence-corrected chi connectivity index (χ1v) is 10.6. The highest BCUT2D eigenvalue weighted by Crippen LogP contribution is 2.43. The fourth-order valence-electron chi connectivity index (χ4n) is 3.27. The summed E-state index contributed by atoms with van der Waals surface area (Å²) in [4.78, 5) is 14.5. The Morgan fingerprint density at radius 1 is 1.40 bits per heavy atom. The molecule has 1 atom stereocenters. The molecule has 1 saturated carbocycles. The number of amides is 2. The van der Waals surface area contributed by atoms with Crippen molar-refractivity contribution in [3.8, 4) is 0 Å². The minimum atomic E-state index is -0.894. The average Bonchev–Trinajstić information content (AvgIpc) is 3.30. The molecule has 2 amide bonds. The molecule has 6 nitrogen and oxygen atoms in total. The SMILES string of the molecule is CC(C)Cn1ncc(NC(=O)N2CCS(=O)C(C)(C)CC2)c1C1CC1. The predicted molar refractivity (Wildman–Crippen MR) is 101 cm³/mol. The first-order chi connectivity index (χ1) is 11.8. The molecule has 0 spiro atoms. The maximum Gasteiger partial charge on any atom is 0.321 e. The van der Waals surface area contributed by atoms with Gasteiger partial charge in [0.1, 0.15) is 0 Å². The second-order valence-corrected chi connectivity index (χ2v) is 10.5. The highest BCUT2D eigenvalue weighted by molar-refractivity contribution is 7.86. The zero-order valence-electron chi connectivity index (χ0n) is 15.7. The van der Waals surface area contributed by atoms with E-state index in [1.54, 1.807) is 11.1 Å². The zero-order valence-corrected chi connectivity index (χ0v) is 16.6. The Labute approximate surface area is 152 Å². The molecular weight excluding hydrogens is 336 g/mol. The van der Waals surface area contributed by atoms with Gasteiger partial charge in [0, 0.05) is 46.9 Å². The van der Waals surface area contributed by atoms with Crippen molar-refractivity contribution in [1.29, 1.82) is 0 Å². The highest BCUT2D eigenvalue weighted by atomic mass is 32.2. The molecule has 25 heavy (non-hydrogen) atoms. The van der Waals surface area contributed by atoms with Crippen molar-refractivity contribution in [3.05, 3.63) is 11.9 Å².